The standard InChI is InChI=1S/C26H30N2O6S2/c1-3-33-16-6-15-27-25(30)23-19-7-4-5-8-21(19)35-26(23)28-24(29)20-13-14-22(34-20)36(31,32)18-11-9-17(2)10-12-18/h9-14H,3-8,15-16H2,1-2H3,(H,27,30)(H,28,29). The van der Waals surface area contributed by atoms with Crippen LogP contribution < -0.4 is 10.6 Å². The van der Waals surface area contributed by atoms with E-state index in [9.17, 15) is 18.0 Å². The van der Waals surface area contributed by atoms with Gasteiger partial charge in [0.2, 0.25) is 14.9 Å². The smallest absolute Gasteiger partial charge is 0.292 e. The van der Waals surface area contributed by atoms with Crippen molar-refractivity contribution in [3.05, 3.63) is 63.7 Å². The van der Waals surface area contributed by atoms with E-state index in [0.29, 0.717) is 36.7 Å². The van der Waals surface area contributed by atoms with Crippen LogP contribution in [0.4, 0.5) is 5.00 Å². The highest BCUT2D eigenvalue weighted by molar-refractivity contribution is 7.91. The van der Waals surface area contributed by atoms with Crippen molar-refractivity contribution in [2.45, 2.75) is 55.9 Å². The summed E-state index contributed by atoms with van der Waals surface area (Å²) in [6, 6.07) is 9.01. The number of hydrogen-bond donors (Lipinski definition) is 2. The zero-order valence-corrected chi connectivity index (χ0v) is 22.0. The first kappa shape index (κ1) is 26.1. The van der Waals surface area contributed by atoms with Crippen LogP contribution in [0.1, 0.15) is 63.1 Å². The highest BCUT2D eigenvalue weighted by Gasteiger charge is 2.28. The van der Waals surface area contributed by atoms with E-state index < -0.39 is 15.7 Å². The van der Waals surface area contributed by atoms with Crippen LogP contribution in [-0.2, 0) is 27.4 Å². The van der Waals surface area contributed by atoms with Gasteiger partial charge in [-0.05, 0) is 75.8 Å². The number of aryl methyl sites for hydroxylation is 2. The molecule has 1 aliphatic rings. The number of furan rings is 1. The topological polar surface area (TPSA) is 115 Å². The zero-order chi connectivity index (χ0) is 25.7. The van der Waals surface area contributed by atoms with Crippen LogP contribution in [0, 0.1) is 6.92 Å². The van der Waals surface area contributed by atoms with Crippen molar-refractivity contribution >= 4 is 38.0 Å². The molecule has 2 amide bonds. The Hall–Kier alpha value is -2.95. The van der Waals surface area contributed by atoms with Crippen molar-refractivity contribution in [2.24, 2.45) is 0 Å². The highest BCUT2D eigenvalue weighted by Crippen LogP contribution is 2.38. The Kier molecular flexibility index (Phi) is 8.28. The van der Waals surface area contributed by atoms with Gasteiger partial charge in [-0.2, -0.15) is 0 Å². The van der Waals surface area contributed by atoms with Gasteiger partial charge >= 0.3 is 0 Å². The lowest BCUT2D eigenvalue weighted by Gasteiger charge is -2.13. The maximum Gasteiger partial charge on any atom is 0.292 e. The van der Waals surface area contributed by atoms with Crippen molar-refractivity contribution in [3.63, 3.8) is 0 Å². The third kappa shape index (κ3) is 5.71. The third-order valence-corrected chi connectivity index (χ3v) is 8.83. The SMILES string of the molecule is CCOCCCNC(=O)c1c(NC(=O)c2ccc(S(=O)(=O)c3ccc(C)cc3)o2)sc2c1CCCC2. The fourth-order valence-corrected chi connectivity index (χ4v) is 6.54. The summed E-state index contributed by atoms with van der Waals surface area (Å²) in [5.74, 6) is -0.984. The molecule has 36 heavy (non-hydrogen) atoms. The van der Waals surface area contributed by atoms with Crippen molar-refractivity contribution in [1.82, 2.24) is 5.32 Å². The van der Waals surface area contributed by atoms with E-state index in [0.717, 1.165) is 41.7 Å². The van der Waals surface area contributed by atoms with Gasteiger partial charge in [-0.3, -0.25) is 9.59 Å². The number of fused-ring (bicyclic) bond motifs is 1. The number of hydrogen-bond acceptors (Lipinski definition) is 7. The van der Waals surface area contributed by atoms with E-state index in [1.54, 1.807) is 12.1 Å². The summed E-state index contributed by atoms with van der Waals surface area (Å²) in [6.07, 6.45) is 4.36. The molecule has 2 heterocycles. The van der Waals surface area contributed by atoms with E-state index in [1.807, 2.05) is 13.8 Å². The van der Waals surface area contributed by atoms with E-state index in [-0.39, 0.29) is 21.7 Å². The number of rotatable bonds is 10. The average molecular weight is 531 g/mol. The minimum Gasteiger partial charge on any atom is -0.439 e. The number of nitrogens with one attached hydrogen (secondary N) is 2. The van der Waals surface area contributed by atoms with E-state index in [1.165, 1.54) is 35.6 Å². The molecule has 1 aliphatic carbocycles. The summed E-state index contributed by atoms with van der Waals surface area (Å²) in [5, 5.41) is 5.86. The molecule has 0 saturated heterocycles. The molecule has 8 nitrogen and oxygen atoms in total. The van der Waals surface area contributed by atoms with Crippen molar-refractivity contribution < 1.29 is 27.2 Å². The number of thiophene rings is 1. The summed E-state index contributed by atoms with van der Waals surface area (Å²) in [7, 11) is -3.90. The fourth-order valence-electron chi connectivity index (χ4n) is 4.09. The van der Waals surface area contributed by atoms with E-state index in [2.05, 4.69) is 10.6 Å². The van der Waals surface area contributed by atoms with Crippen LogP contribution in [0.2, 0.25) is 0 Å². The fraction of sp³-hybridized carbons (Fsp3) is 0.385. The van der Waals surface area contributed by atoms with Crippen LogP contribution in [0.15, 0.2) is 50.8 Å². The van der Waals surface area contributed by atoms with Gasteiger partial charge in [0, 0.05) is 24.6 Å². The second-order valence-electron chi connectivity index (χ2n) is 8.61. The molecule has 0 bridgehead atoms. The number of carbonyl (C=O) groups excluding carboxylic acids is 2. The minimum absolute atomic E-state index is 0.0867. The molecule has 1 aromatic carbocycles. The lowest BCUT2D eigenvalue weighted by Crippen LogP contribution is -2.27. The van der Waals surface area contributed by atoms with E-state index in [4.69, 9.17) is 9.15 Å². The molecule has 0 radical (unpaired) electrons. The zero-order valence-electron chi connectivity index (χ0n) is 20.4. The second kappa shape index (κ2) is 11.4. The maximum absolute atomic E-state index is 13.1. The summed E-state index contributed by atoms with van der Waals surface area (Å²) in [6.45, 7) is 5.45. The third-order valence-electron chi connectivity index (χ3n) is 5.98. The summed E-state index contributed by atoms with van der Waals surface area (Å²) in [4.78, 5) is 27.3. The molecule has 0 unspecified atom stereocenters. The van der Waals surface area contributed by atoms with Crippen molar-refractivity contribution in [1.29, 1.82) is 0 Å². The quantitative estimate of drug-likeness (QED) is 0.365. The Morgan fingerprint density at radius 1 is 1.06 bits per heavy atom. The number of benzene rings is 1. The van der Waals surface area contributed by atoms with Gasteiger partial charge < -0.3 is 19.8 Å². The van der Waals surface area contributed by atoms with Gasteiger partial charge in [-0.1, -0.05) is 17.7 Å². The first-order valence-corrected chi connectivity index (χ1v) is 14.3. The number of carbonyl (C=O) groups is 2. The first-order chi connectivity index (χ1) is 17.3. The minimum atomic E-state index is -3.90. The second-order valence-corrected chi connectivity index (χ2v) is 11.6. The molecule has 0 fully saturated rings. The van der Waals surface area contributed by atoms with Gasteiger partial charge in [-0.15, -0.1) is 11.3 Å². The largest absolute Gasteiger partial charge is 0.439 e. The van der Waals surface area contributed by atoms with Crippen LogP contribution in [-0.4, -0.2) is 40.0 Å². The molecule has 2 aromatic heterocycles. The predicted octanol–water partition coefficient (Wildman–Crippen LogP) is 4.77. The van der Waals surface area contributed by atoms with Crippen LogP contribution in [0.3, 0.4) is 0 Å². The van der Waals surface area contributed by atoms with Gasteiger partial charge in [-0.25, -0.2) is 8.42 Å². The van der Waals surface area contributed by atoms with Crippen LogP contribution in [0.5, 0.6) is 0 Å². The molecule has 2 N–H and O–H groups in total. The lowest BCUT2D eigenvalue weighted by atomic mass is 9.95. The number of ether oxygens (including phenoxy) is 1. The Balaban J connectivity index is 1.53. The first-order valence-electron chi connectivity index (χ1n) is 12.0. The molecule has 4 rings (SSSR count). The predicted molar refractivity (Wildman–Crippen MR) is 138 cm³/mol. The van der Waals surface area contributed by atoms with Gasteiger partial charge in [0.15, 0.2) is 5.76 Å². The van der Waals surface area contributed by atoms with Crippen LogP contribution in [0.25, 0.3) is 0 Å². The number of anilines is 1. The molecule has 0 spiro atoms. The molecule has 0 aliphatic heterocycles. The van der Waals surface area contributed by atoms with Crippen molar-refractivity contribution in [2.75, 3.05) is 25.1 Å². The summed E-state index contributed by atoms with van der Waals surface area (Å²) in [5.41, 5.74) is 2.39. The molecule has 3 aromatic rings. The van der Waals surface area contributed by atoms with Crippen molar-refractivity contribution in [3.8, 4) is 0 Å². The van der Waals surface area contributed by atoms with Gasteiger partial charge in [0.1, 0.15) is 5.00 Å². The molecule has 0 atom stereocenters. The summed E-state index contributed by atoms with van der Waals surface area (Å²) < 4.78 is 36.6. The Morgan fingerprint density at radius 2 is 1.81 bits per heavy atom. The number of amides is 2. The Bertz CT molecular complexity index is 1340. The lowest BCUT2D eigenvalue weighted by molar-refractivity contribution is 0.0944. The molecule has 10 heteroatoms. The Labute approximate surface area is 215 Å². The average Bonchev–Trinajstić information content (AvgIpc) is 3.50. The normalized spacial score (nSPS) is 13.3. The molecular weight excluding hydrogens is 500 g/mol. The monoisotopic (exact) mass is 530 g/mol. The summed E-state index contributed by atoms with van der Waals surface area (Å²) >= 11 is 1.39. The maximum atomic E-state index is 13.1. The van der Waals surface area contributed by atoms with E-state index >= 15 is 0 Å². The Morgan fingerprint density at radius 3 is 2.56 bits per heavy atom. The molecule has 0 saturated carbocycles. The van der Waals surface area contributed by atoms with Crippen LogP contribution >= 0.6 is 11.3 Å². The van der Waals surface area contributed by atoms with Gasteiger partial charge in [0.05, 0.1) is 10.5 Å². The molecule has 192 valence electrons. The highest BCUT2D eigenvalue weighted by atomic mass is 32.2. The molecular formula is C26H30N2O6S2. The van der Waals surface area contributed by atoms with Gasteiger partial charge in [0.25, 0.3) is 11.8 Å². The number of sulfone groups is 1.